The van der Waals surface area contributed by atoms with Gasteiger partial charge in [-0.15, -0.1) is 0 Å². The van der Waals surface area contributed by atoms with Gasteiger partial charge in [-0.05, 0) is 44.5 Å². The molecule has 0 saturated heterocycles. The lowest BCUT2D eigenvalue weighted by atomic mass is 10.1. The Kier molecular flexibility index (Phi) is 7.64. The van der Waals surface area contributed by atoms with Gasteiger partial charge in [0.05, 0.1) is 26.2 Å². The average Bonchev–Trinajstić information content (AvgIpc) is 2.91. The largest absolute Gasteiger partial charge is 0.288 e. The highest BCUT2D eigenvalue weighted by atomic mass is 14.7. The van der Waals surface area contributed by atoms with Gasteiger partial charge in [0.1, 0.15) is 0 Å². The fourth-order valence-electron chi connectivity index (χ4n) is 4.01. The van der Waals surface area contributed by atoms with Gasteiger partial charge in [-0.2, -0.15) is 0 Å². The van der Waals surface area contributed by atoms with Crippen molar-refractivity contribution in [2.24, 2.45) is 20.0 Å². The first kappa shape index (κ1) is 23.3. The fraction of sp³-hybridized carbons (Fsp3) is 0.125. The molecule has 4 aliphatic rings. The van der Waals surface area contributed by atoms with Crippen LogP contribution >= 0.6 is 0 Å². The molecule has 0 spiro atoms. The molecule has 0 radical (unpaired) electrons. The van der Waals surface area contributed by atoms with Crippen molar-refractivity contribution < 1.29 is 0 Å². The molecule has 4 heterocycles. The quantitative estimate of drug-likeness (QED) is 0.284. The Morgan fingerprint density at radius 1 is 0.333 bits per heavy atom. The normalized spacial score (nSPS) is 13.8. The summed E-state index contributed by atoms with van der Waals surface area (Å²) in [6.07, 6.45) is 7.70. The third kappa shape index (κ3) is 6.80. The second-order valence-electron chi connectivity index (χ2n) is 8.85. The SMILES string of the molecule is C1=NCc2cccc(c2)CN=Cc2ccc(cc2)C=NCc2cccc(c2)CN=Cc2ccc1cc2. The number of rotatable bonds is 0. The summed E-state index contributed by atoms with van der Waals surface area (Å²) in [5, 5.41) is 0. The Bertz CT molecular complexity index is 1200. The van der Waals surface area contributed by atoms with E-state index in [0.717, 1.165) is 22.3 Å². The van der Waals surface area contributed by atoms with Crippen molar-refractivity contribution in [1.29, 1.82) is 0 Å². The summed E-state index contributed by atoms with van der Waals surface area (Å²) in [5.41, 5.74) is 9.02. The van der Waals surface area contributed by atoms with Crippen molar-refractivity contribution in [3.63, 3.8) is 0 Å². The predicted molar refractivity (Wildman–Crippen MR) is 151 cm³/mol. The predicted octanol–water partition coefficient (Wildman–Crippen LogP) is 6.48. The molecular formula is C32H28N4. The second-order valence-corrected chi connectivity index (χ2v) is 8.85. The second kappa shape index (κ2) is 11.8. The van der Waals surface area contributed by atoms with Crippen molar-refractivity contribution in [3.8, 4) is 0 Å². The van der Waals surface area contributed by atoms with E-state index in [0.29, 0.717) is 26.2 Å². The smallest absolute Gasteiger partial charge is 0.0640 e. The van der Waals surface area contributed by atoms with Crippen LogP contribution in [0, 0.1) is 0 Å². The molecule has 4 aromatic rings. The Balaban J connectivity index is 1.38. The van der Waals surface area contributed by atoms with Crippen molar-refractivity contribution in [3.05, 3.63) is 142 Å². The molecule has 0 aliphatic carbocycles. The highest BCUT2D eigenvalue weighted by Gasteiger charge is 1.98. The molecule has 4 aromatic carbocycles. The summed E-state index contributed by atoms with van der Waals surface area (Å²) in [4.78, 5) is 18.5. The van der Waals surface area contributed by atoms with Crippen LogP contribution in [0.25, 0.3) is 0 Å². The van der Waals surface area contributed by atoms with E-state index in [4.69, 9.17) is 0 Å². The Morgan fingerprint density at radius 3 is 0.833 bits per heavy atom. The summed E-state index contributed by atoms with van der Waals surface area (Å²) in [5.74, 6) is 0. The van der Waals surface area contributed by atoms with Crippen LogP contribution in [-0.4, -0.2) is 24.9 Å². The molecule has 0 atom stereocenters. The van der Waals surface area contributed by atoms with Crippen LogP contribution < -0.4 is 0 Å². The van der Waals surface area contributed by atoms with Gasteiger partial charge in [0.25, 0.3) is 0 Å². The first-order valence-corrected chi connectivity index (χ1v) is 12.2. The first-order chi connectivity index (χ1) is 17.8. The Morgan fingerprint density at radius 2 is 0.583 bits per heavy atom. The summed E-state index contributed by atoms with van der Waals surface area (Å²) in [7, 11) is 0. The number of hydrogen-bond donors (Lipinski definition) is 0. The van der Waals surface area contributed by atoms with Gasteiger partial charge < -0.3 is 0 Å². The lowest BCUT2D eigenvalue weighted by Crippen LogP contribution is -1.91. The maximum atomic E-state index is 4.63. The lowest BCUT2D eigenvalue weighted by Gasteiger charge is -2.02. The molecule has 176 valence electrons. The summed E-state index contributed by atoms with van der Waals surface area (Å²) < 4.78 is 0. The van der Waals surface area contributed by atoms with Gasteiger partial charge in [0.2, 0.25) is 0 Å². The Hall–Kier alpha value is -4.44. The molecule has 8 bridgehead atoms. The van der Waals surface area contributed by atoms with E-state index in [1.165, 1.54) is 22.3 Å². The standard InChI is InChI=1S/C32H28N4/c1-3-29-15-30(4-1)22-34-18-26-9-13-28(14-10-26)20-36-24-32-6-2-5-31(16-32)23-35-19-27-11-7-25(8-12-27)17-33-21-29/h1-20H,21-24H2. The summed E-state index contributed by atoms with van der Waals surface area (Å²) >= 11 is 0. The molecule has 0 aromatic heterocycles. The highest BCUT2D eigenvalue weighted by molar-refractivity contribution is 5.85. The monoisotopic (exact) mass is 468 g/mol. The molecule has 4 aliphatic heterocycles. The van der Waals surface area contributed by atoms with Crippen LogP contribution in [0.5, 0.6) is 0 Å². The van der Waals surface area contributed by atoms with Gasteiger partial charge in [0, 0.05) is 24.9 Å². The zero-order valence-electron chi connectivity index (χ0n) is 20.2. The van der Waals surface area contributed by atoms with Crippen LogP contribution in [0.15, 0.2) is 117 Å². The van der Waals surface area contributed by atoms with E-state index in [2.05, 4.69) is 117 Å². The first-order valence-electron chi connectivity index (χ1n) is 12.2. The number of nitrogens with zero attached hydrogens (tertiary/aromatic N) is 4. The average molecular weight is 469 g/mol. The molecular weight excluding hydrogens is 440 g/mol. The topological polar surface area (TPSA) is 49.4 Å². The number of hydrogen-bond acceptors (Lipinski definition) is 4. The highest BCUT2D eigenvalue weighted by Crippen LogP contribution is 2.11. The molecule has 0 saturated carbocycles. The van der Waals surface area contributed by atoms with Crippen LogP contribution in [0.2, 0.25) is 0 Å². The molecule has 36 heavy (non-hydrogen) atoms. The van der Waals surface area contributed by atoms with Crippen LogP contribution in [0.3, 0.4) is 0 Å². The number of benzene rings is 4. The fourth-order valence-corrected chi connectivity index (χ4v) is 4.01. The van der Waals surface area contributed by atoms with Gasteiger partial charge >= 0.3 is 0 Å². The molecule has 0 unspecified atom stereocenters. The number of aliphatic imine (C=N–C) groups is 4. The minimum Gasteiger partial charge on any atom is -0.288 e. The van der Waals surface area contributed by atoms with E-state index < -0.39 is 0 Å². The minimum absolute atomic E-state index is 0.642. The molecule has 4 nitrogen and oxygen atoms in total. The van der Waals surface area contributed by atoms with Crippen LogP contribution in [0.1, 0.15) is 44.5 Å². The molecule has 8 rings (SSSR count). The van der Waals surface area contributed by atoms with Crippen LogP contribution in [0.4, 0.5) is 0 Å². The van der Waals surface area contributed by atoms with Crippen molar-refractivity contribution in [2.45, 2.75) is 26.2 Å². The van der Waals surface area contributed by atoms with Gasteiger partial charge in [0.15, 0.2) is 0 Å². The van der Waals surface area contributed by atoms with Gasteiger partial charge in [-0.25, -0.2) is 0 Å². The van der Waals surface area contributed by atoms with E-state index in [-0.39, 0.29) is 0 Å². The van der Waals surface area contributed by atoms with Gasteiger partial charge in [-0.3, -0.25) is 20.0 Å². The lowest BCUT2D eigenvalue weighted by molar-refractivity contribution is 1.03. The maximum absolute atomic E-state index is 4.63. The van der Waals surface area contributed by atoms with Gasteiger partial charge in [-0.1, -0.05) is 97.1 Å². The maximum Gasteiger partial charge on any atom is 0.0640 e. The van der Waals surface area contributed by atoms with Crippen molar-refractivity contribution in [2.75, 3.05) is 0 Å². The van der Waals surface area contributed by atoms with E-state index >= 15 is 0 Å². The summed E-state index contributed by atoms with van der Waals surface area (Å²) in [6, 6.07) is 33.5. The van der Waals surface area contributed by atoms with Crippen LogP contribution in [-0.2, 0) is 26.2 Å². The summed E-state index contributed by atoms with van der Waals surface area (Å²) in [6.45, 7) is 2.57. The Labute approximate surface area is 212 Å². The van der Waals surface area contributed by atoms with E-state index in [9.17, 15) is 0 Å². The molecule has 0 fully saturated rings. The molecule has 4 heteroatoms. The third-order valence-corrected chi connectivity index (χ3v) is 5.91. The van der Waals surface area contributed by atoms with Crippen molar-refractivity contribution in [1.82, 2.24) is 0 Å². The van der Waals surface area contributed by atoms with Crippen molar-refractivity contribution >= 4 is 24.9 Å². The van der Waals surface area contributed by atoms with E-state index in [1.807, 2.05) is 24.9 Å². The third-order valence-electron chi connectivity index (χ3n) is 5.91. The zero-order valence-corrected chi connectivity index (χ0v) is 20.2. The molecule has 0 amide bonds. The minimum atomic E-state index is 0.642. The molecule has 0 N–H and O–H groups in total. The zero-order chi connectivity index (χ0) is 24.4. The van der Waals surface area contributed by atoms with E-state index in [1.54, 1.807) is 0 Å².